The van der Waals surface area contributed by atoms with E-state index in [1.165, 1.54) is 12.1 Å². The van der Waals surface area contributed by atoms with E-state index in [9.17, 15) is 13.2 Å². The van der Waals surface area contributed by atoms with Crippen molar-refractivity contribution in [1.29, 1.82) is 0 Å². The number of rotatable bonds is 6. The Bertz CT molecular complexity index is 856. The minimum Gasteiger partial charge on any atom is -0.356 e. The van der Waals surface area contributed by atoms with Crippen LogP contribution in [-0.2, 0) is 18.0 Å². The summed E-state index contributed by atoms with van der Waals surface area (Å²) in [5.41, 5.74) is -0.204. The highest BCUT2D eigenvalue weighted by Crippen LogP contribution is 2.41. The third kappa shape index (κ3) is 5.52. The molecule has 1 heterocycles. The molecule has 1 fully saturated rings. The fourth-order valence-corrected chi connectivity index (χ4v) is 4.02. The van der Waals surface area contributed by atoms with Gasteiger partial charge in [0, 0.05) is 32.0 Å². The summed E-state index contributed by atoms with van der Waals surface area (Å²) in [6.45, 7) is 2.84. The van der Waals surface area contributed by atoms with Crippen LogP contribution < -0.4 is 10.6 Å². The monoisotopic (exact) mass is 423 g/mol. The first-order chi connectivity index (χ1) is 14.3. The molecule has 1 aliphatic rings. The number of hydrogen-bond acceptors (Lipinski definition) is 4. The molecule has 1 aromatic carbocycles. The lowest BCUT2D eigenvalue weighted by Gasteiger charge is -2.38. The smallest absolute Gasteiger partial charge is 0.356 e. The molecule has 0 spiro atoms. The normalized spacial score (nSPS) is 17.0. The lowest BCUT2D eigenvalue weighted by molar-refractivity contribution is -0.137. The summed E-state index contributed by atoms with van der Waals surface area (Å²) in [7, 11) is 1.67. The zero-order valence-electron chi connectivity index (χ0n) is 17.4. The van der Waals surface area contributed by atoms with Crippen molar-refractivity contribution in [3.63, 3.8) is 0 Å². The number of nitrogens with zero attached hydrogens (tertiary/aromatic N) is 3. The Hall–Kier alpha value is -2.58. The van der Waals surface area contributed by atoms with Crippen molar-refractivity contribution in [3.8, 4) is 0 Å². The van der Waals surface area contributed by atoms with Crippen LogP contribution in [0.5, 0.6) is 0 Å². The van der Waals surface area contributed by atoms with Crippen molar-refractivity contribution >= 4 is 5.96 Å². The van der Waals surface area contributed by atoms with Gasteiger partial charge in [-0.05, 0) is 31.4 Å². The zero-order chi connectivity index (χ0) is 21.6. The summed E-state index contributed by atoms with van der Waals surface area (Å²) in [6, 6.07) is 5.76. The molecule has 0 atom stereocenters. The summed E-state index contributed by atoms with van der Waals surface area (Å²) in [4.78, 5) is 8.40. The fourth-order valence-electron chi connectivity index (χ4n) is 4.02. The number of benzene rings is 1. The van der Waals surface area contributed by atoms with Gasteiger partial charge in [-0.15, -0.1) is 0 Å². The average molecular weight is 423 g/mol. The molecule has 9 heteroatoms. The van der Waals surface area contributed by atoms with E-state index >= 15 is 0 Å². The molecule has 0 amide bonds. The molecule has 1 aliphatic carbocycles. The van der Waals surface area contributed by atoms with Crippen molar-refractivity contribution in [2.45, 2.75) is 57.0 Å². The first kappa shape index (κ1) is 22.1. The first-order valence-corrected chi connectivity index (χ1v) is 10.2. The number of aliphatic imine (C=N–C) groups is 1. The summed E-state index contributed by atoms with van der Waals surface area (Å²) < 4.78 is 44.8. The molecule has 30 heavy (non-hydrogen) atoms. The second-order valence-electron chi connectivity index (χ2n) is 7.76. The van der Waals surface area contributed by atoms with Crippen LogP contribution in [0.15, 0.2) is 33.8 Å². The van der Waals surface area contributed by atoms with Crippen LogP contribution in [0.1, 0.15) is 54.9 Å². The topological polar surface area (TPSA) is 75.3 Å². The fraction of sp³-hybridized carbons (Fsp3) is 0.571. The molecule has 0 aliphatic heterocycles. The number of guanidine groups is 1. The Labute approximate surface area is 174 Å². The summed E-state index contributed by atoms with van der Waals surface area (Å²) in [6.07, 6.45) is 1.02. The molecule has 0 bridgehead atoms. The largest absolute Gasteiger partial charge is 0.416 e. The third-order valence-corrected chi connectivity index (χ3v) is 5.63. The maximum Gasteiger partial charge on any atom is 0.416 e. The summed E-state index contributed by atoms with van der Waals surface area (Å²) >= 11 is 0. The lowest BCUT2D eigenvalue weighted by Crippen LogP contribution is -2.47. The van der Waals surface area contributed by atoms with Gasteiger partial charge >= 0.3 is 6.18 Å². The molecule has 164 valence electrons. The average Bonchev–Trinajstić information content (AvgIpc) is 3.15. The van der Waals surface area contributed by atoms with Gasteiger partial charge in [-0.2, -0.15) is 18.2 Å². The predicted molar refractivity (Wildman–Crippen MR) is 108 cm³/mol. The van der Waals surface area contributed by atoms with Crippen LogP contribution in [0.3, 0.4) is 0 Å². The van der Waals surface area contributed by atoms with Crippen molar-refractivity contribution in [3.05, 3.63) is 47.1 Å². The van der Waals surface area contributed by atoms with Gasteiger partial charge in [-0.1, -0.05) is 42.6 Å². The number of halogens is 3. The number of alkyl halides is 3. The highest BCUT2D eigenvalue weighted by molar-refractivity contribution is 5.79. The van der Waals surface area contributed by atoms with Crippen molar-refractivity contribution in [2.24, 2.45) is 4.99 Å². The van der Waals surface area contributed by atoms with E-state index in [1.807, 2.05) is 6.07 Å². The Kier molecular flexibility index (Phi) is 6.99. The molecule has 0 saturated heterocycles. The van der Waals surface area contributed by atoms with Crippen molar-refractivity contribution in [2.75, 3.05) is 20.1 Å². The molecule has 1 aromatic heterocycles. The van der Waals surface area contributed by atoms with Crippen LogP contribution in [0.4, 0.5) is 13.2 Å². The Morgan fingerprint density at radius 3 is 2.60 bits per heavy atom. The van der Waals surface area contributed by atoms with Gasteiger partial charge < -0.3 is 15.2 Å². The predicted octanol–water partition coefficient (Wildman–Crippen LogP) is 4.01. The number of nitrogens with one attached hydrogen (secondary N) is 2. The molecule has 2 N–H and O–H groups in total. The second kappa shape index (κ2) is 9.49. The van der Waals surface area contributed by atoms with Gasteiger partial charge in [0.1, 0.15) is 0 Å². The van der Waals surface area contributed by atoms with Crippen molar-refractivity contribution < 1.29 is 17.7 Å². The molecule has 3 rings (SSSR count). The van der Waals surface area contributed by atoms with Crippen LogP contribution in [0.2, 0.25) is 0 Å². The maximum absolute atomic E-state index is 13.2. The Morgan fingerprint density at radius 1 is 1.20 bits per heavy atom. The lowest BCUT2D eigenvalue weighted by atomic mass is 9.69. The standard InChI is InChI=1S/C21H28F3N5O/c1-15-28-18(30-29-15)9-12-26-19(25-2)27-14-20(10-4-3-5-11-20)16-7-6-8-17(13-16)21(22,23)24/h6-8,13H,3-5,9-12,14H2,1-2H3,(H2,25,26,27). The number of aromatic nitrogens is 2. The van der Waals surface area contributed by atoms with Crippen LogP contribution in [0.25, 0.3) is 0 Å². The summed E-state index contributed by atoms with van der Waals surface area (Å²) in [5.74, 6) is 1.74. The number of aryl methyl sites for hydroxylation is 1. The SMILES string of the molecule is CN=C(NCCc1nc(C)no1)NCC1(c2cccc(C(F)(F)F)c2)CCCCC1. The van der Waals surface area contributed by atoms with Gasteiger partial charge in [0.05, 0.1) is 5.56 Å². The number of hydrogen-bond donors (Lipinski definition) is 2. The van der Waals surface area contributed by atoms with Crippen molar-refractivity contribution in [1.82, 2.24) is 20.8 Å². The molecule has 2 aromatic rings. The highest BCUT2D eigenvalue weighted by atomic mass is 19.4. The summed E-state index contributed by atoms with van der Waals surface area (Å²) in [5, 5.41) is 10.3. The molecular formula is C21H28F3N5O. The van der Waals surface area contributed by atoms with Gasteiger partial charge in [-0.3, -0.25) is 4.99 Å². The van der Waals surface area contributed by atoms with Crippen LogP contribution in [0, 0.1) is 6.92 Å². The van der Waals surface area contributed by atoms with Gasteiger partial charge in [-0.25, -0.2) is 0 Å². The van der Waals surface area contributed by atoms with Gasteiger partial charge in [0.25, 0.3) is 0 Å². The van der Waals surface area contributed by atoms with Gasteiger partial charge in [0.2, 0.25) is 5.89 Å². The van der Waals surface area contributed by atoms with E-state index in [2.05, 4.69) is 25.8 Å². The van der Waals surface area contributed by atoms with Gasteiger partial charge in [0.15, 0.2) is 11.8 Å². The minimum absolute atomic E-state index is 0.346. The van der Waals surface area contributed by atoms with E-state index in [1.54, 1.807) is 14.0 Å². The first-order valence-electron chi connectivity index (χ1n) is 10.2. The maximum atomic E-state index is 13.2. The van der Waals surface area contributed by atoms with E-state index < -0.39 is 11.7 Å². The molecule has 0 unspecified atom stereocenters. The Morgan fingerprint density at radius 2 is 1.97 bits per heavy atom. The van der Waals surface area contributed by atoms with Crippen LogP contribution >= 0.6 is 0 Å². The second-order valence-corrected chi connectivity index (χ2v) is 7.76. The van der Waals surface area contributed by atoms with E-state index in [0.29, 0.717) is 37.2 Å². The van der Waals surface area contributed by atoms with E-state index in [4.69, 9.17) is 4.52 Å². The highest BCUT2D eigenvalue weighted by Gasteiger charge is 2.37. The minimum atomic E-state index is -4.34. The zero-order valence-corrected chi connectivity index (χ0v) is 17.4. The van der Waals surface area contributed by atoms with E-state index in [0.717, 1.165) is 43.7 Å². The molecular weight excluding hydrogens is 395 g/mol. The molecule has 1 saturated carbocycles. The molecule has 6 nitrogen and oxygen atoms in total. The van der Waals surface area contributed by atoms with E-state index in [-0.39, 0.29) is 5.41 Å². The quantitative estimate of drug-likeness (QED) is 0.543. The third-order valence-electron chi connectivity index (χ3n) is 5.63. The molecule has 0 radical (unpaired) electrons. The van der Waals surface area contributed by atoms with Crippen LogP contribution in [-0.4, -0.2) is 36.2 Å². The Balaban J connectivity index is 1.67.